The van der Waals surface area contributed by atoms with E-state index in [0.29, 0.717) is 24.4 Å². The third-order valence-corrected chi connectivity index (χ3v) is 4.70. The number of benzene rings is 2. The van der Waals surface area contributed by atoms with Crippen molar-refractivity contribution in [2.45, 2.75) is 18.9 Å². The summed E-state index contributed by atoms with van der Waals surface area (Å²) in [5.41, 5.74) is 7.14. The van der Waals surface area contributed by atoms with E-state index >= 15 is 0 Å². The van der Waals surface area contributed by atoms with Crippen LogP contribution in [0.2, 0.25) is 5.02 Å². The molecule has 144 valence electrons. The number of amides is 2. The third kappa shape index (κ3) is 4.46. The lowest BCUT2D eigenvalue weighted by Gasteiger charge is -2.32. The number of halogens is 2. The van der Waals surface area contributed by atoms with Gasteiger partial charge in [0, 0.05) is 18.3 Å². The van der Waals surface area contributed by atoms with Gasteiger partial charge in [-0.3, -0.25) is 9.59 Å². The highest BCUT2D eigenvalue weighted by Crippen LogP contribution is 2.29. The van der Waals surface area contributed by atoms with Gasteiger partial charge in [0.05, 0.1) is 23.4 Å². The van der Waals surface area contributed by atoms with E-state index in [1.807, 2.05) is 30.3 Å². The van der Waals surface area contributed by atoms with E-state index in [2.05, 4.69) is 5.32 Å². The van der Waals surface area contributed by atoms with E-state index in [1.165, 1.54) is 19.2 Å². The number of nitrogen functional groups attached to an aromatic ring is 1. The number of nitrogens with two attached hydrogens (primary N) is 1. The van der Waals surface area contributed by atoms with Crippen molar-refractivity contribution >= 4 is 47.2 Å². The summed E-state index contributed by atoms with van der Waals surface area (Å²) in [6, 6.07) is 11.8. The molecule has 1 fully saturated rings. The molecule has 0 aliphatic carbocycles. The maximum Gasteiger partial charge on any atom is 0.255 e. The molecule has 27 heavy (non-hydrogen) atoms. The smallest absolute Gasteiger partial charge is 0.255 e. The molecule has 1 aliphatic heterocycles. The molecule has 1 atom stereocenters. The van der Waals surface area contributed by atoms with Crippen LogP contribution in [0.5, 0.6) is 5.75 Å². The number of nitrogens with zero attached hydrogens (tertiary/aromatic N) is 1. The molecule has 0 bridgehead atoms. The molecular formula is C19H21Cl2N3O3. The lowest BCUT2D eigenvalue weighted by atomic mass is 10.0. The van der Waals surface area contributed by atoms with E-state index in [9.17, 15) is 9.59 Å². The molecule has 1 unspecified atom stereocenters. The van der Waals surface area contributed by atoms with Gasteiger partial charge < -0.3 is 20.7 Å². The van der Waals surface area contributed by atoms with Crippen LogP contribution < -0.4 is 20.7 Å². The number of hydrogen-bond acceptors (Lipinski definition) is 4. The molecule has 1 heterocycles. The quantitative estimate of drug-likeness (QED) is 0.758. The normalized spacial score (nSPS) is 16.4. The van der Waals surface area contributed by atoms with Gasteiger partial charge in [-0.15, -0.1) is 12.4 Å². The highest BCUT2D eigenvalue weighted by atomic mass is 35.5. The van der Waals surface area contributed by atoms with Crippen molar-refractivity contribution in [1.82, 2.24) is 5.32 Å². The SMILES string of the molecule is COc1cc(N)c(Cl)cc1C(=O)NC1CCCN(c2ccccc2)C1=O.Cl. The van der Waals surface area contributed by atoms with Gasteiger partial charge in [0.1, 0.15) is 11.8 Å². The van der Waals surface area contributed by atoms with Crippen molar-refractivity contribution in [2.24, 2.45) is 0 Å². The second-order valence-corrected chi connectivity index (χ2v) is 6.47. The zero-order chi connectivity index (χ0) is 18.7. The third-order valence-electron chi connectivity index (χ3n) is 4.38. The number of ether oxygens (including phenoxy) is 1. The summed E-state index contributed by atoms with van der Waals surface area (Å²) in [4.78, 5) is 27.2. The first-order valence-corrected chi connectivity index (χ1v) is 8.69. The number of anilines is 2. The van der Waals surface area contributed by atoms with Gasteiger partial charge in [0.25, 0.3) is 5.91 Å². The fourth-order valence-corrected chi connectivity index (χ4v) is 3.19. The summed E-state index contributed by atoms with van der Waals surface area (Å²) in [5.74, 6) is -0.235. The van der Waals surface area contributed by atoms with Crippen LogP contribution in [0, 0.1) is 0 Å². The molecule has 3 rings (SSSR count). The largest absolute Gasteiger partial charge is 0.496 e. The van der Waals surface area contributed by atoms with E-state index < -0.39 is 11.9 Å². The van der Waals surface area contributed by atoms with Crippen molar-refractivity contribution in [3.05, 3.63) is 53.1 Å². The lowest BCUT2D eigenvalue weighted by molar-refractivity contribution is -0.121. The van der Waals surface area contributed by atoms with Crippen LogP contribution in [-0.4, -0.2) is 31.5 Å². The standard InChI is InChI=1S/C19H20ClN3O3.ClH/c1-26-17-11-15(21)14(20)10-13(17)18(24)22-16-8-5-9-23(19(16)25)12-6-3-2-4-7-12;/h2-4,6-7,10-11,16H,5,8-9,21H2,1H3,(H,22,24);1H. The lowest BCUT2D eigenvalue weighted by Crippen LogP contribution is -2.52. The fraction of sp³-hybridized carbons (Fsp3) is 0.263. The maximum atomic E-state index is 12.8. The maximum absolute atomic E-state index is 12.8. The van der Waals surface area contributed by atoms with Crippen LogP contribution in [0.3, 0.4) is 0 Å². The number of para-hydroxylation sites is 1. The number of rotatable bonds is 4. The van der Waals surface area contributed by atoms with Crippen molar-refractivity contribution in [1.29, 1.82) is 0 Å². The molecule has 0 radical (unpaired) electrons. The number of nitrogens with one attached hydrogen (secondary N) is 1. The topological polar surface area (TPSA) is 84.7 Å². The predicted molar refractivity (Wildman–Crippen MR) is 109 cm³/mol. The van der Waals surface area contributed by atoms with Gasteiger partial charge in [0.15, 0.2) is 0 Å². The highest BCUT2D eigenvalue weighted by Gasteiger charge is 2.31. The molecule has 0 aromatic heterocycles. The molecule has 2 aromatic rings. The highest BCUT2D eigenvalue weighted by molar-refractivity contribution is 6.33. The summed E-state index contributed by atoms with van der Waals surface area (Å²) >= 11 is 6.03. The Bertz CT molecular complexity index is 830. The predicted octanol–water partition coefficient (Wildman–Crippen LogP) is 3.28. The molecule has 1 saturated heterocycles. The van der Waals surface area contributed by atoms with Crippen LogP contribution in [0.4, 0.5) is 11.4 Å². The van der Waals surface area contributed by atoms with Crippen LogP contribution in [0.25, 0.3) is 0 Å². The van der Waals surface area contributed by atoms with Gasteiger partial charge in [-0.25, -0.2) is 0 Å². The minimum Gasteiger partial charge on any atom is -0.496 e. The first-order chi connectivity index (χ1) is 12.5. The van der Waals surface area contributed by atoms with Crippen molar-refractivity contribution < 1.29 is 14.3 Å². The molecule has 0 saturated carbocycles. The number of carbonyl (C=O) groups excluding carboxylic acids is 2. The Morgan fingerprint density at radius 3 is 2.67 bits per heavy atom. The summed E-state index contributed by atoms with van der Waals surface area (Å²) in [6.07, 6.45) is 1.38. The van der Waals surface area contributed by atoms with Crippen LogP contribution in [0.1, 0.15) is 23.2 Å². The van der Waals surface area contributed by atoms with Gasteiger partial charge in [-0.05, 0) is 31.0 Å². The Morgan fingerprint density at radius 2 is 2.00 bits per heavy atom. The average Bonchev–Trinajstić information content (AvgIpc) is 2.66. The second kappa shape index (κ2) is 8.97. The summed E-state index contributed by atoms with van der Waals surface area (Å²) in [6.45, 7) is 0.631. The number of hydrogen-bond donors (Lipinski definition) is 2. The average molecular weight is 410 g/mol. The molecule has 0 spiro atoms. The minimum absolute atomic E-state index is 0. The van der Waals surface area contributed by atoms with E-state index in [4.69, 9.17) is 22.1 Å². The van der Waals surface area contributed by atoms with Gasteiger partial charge in [-0.2, -0.15) is 0 Å². The Labute approximate surface area is 169 Å². The Kier molecular flexibility index (Phi) is 6.93. The molecule has 3 N–H and O–H groups in total. The summed E-state index contributed by atoms with van der Waals surface area (Å²) < 4.78 is 5.21. The van der Waals surface area contributed by atoms with E-state index in [1.54, 1.807) is 4.90 Å². The summed E-state index contributed by atoms with van der Waals surface area (Å²) in [7, 11) is 1.45. The Hall–Kier alpha value is -2.44. The van der Waals surface area contributed by atoms with Crippen molar-refractivity contribution in [2.75, 3.05) is 24.3 Å². The van der Waals surface area contributed by atoms with Crippen molar-refractivity contribution in [3.63, 3.8) is 0 Å². The number of methoxy groups -OCH3 is 1. The van der Waals surface area contributed by atoms with Crippen LogP contribution in [0.15, 0.2) is 42.5 Å². The molecule has 6 nitrogen and oxygen atoms in total. The molecule has 1 aliphatic rings. The van der Waals surface area contributed by atoms with Gasteiger partial charge in [0.2, 0.25) is 5.91 Å². The number of piperidine rings is 1. The van der Waals surface area contributed by atoms with Crippen LogP contribution >= 0.6 is 24.0 Å². The zero-order valence-electron chi connectivity index (χ0n) is 14.8. The molecule has 2 aromatic carbocycles. The fourth-order valence-electron chi connectivity index (χ4n) is 3.02. The van der Waals surface area contributed by atoms with Gasteiger partial charge >= 0.3 is 0 Å². The molecular weight excluding hydrogens is 389 g/mol. The van der Waals surface area contributed by atoms with Crippen molar-refractivity contribution in [3.8, 4) is 5.75 Å². The van der Waals surface area contributed by atoms with Crippen LogP contribution in [-0.2, 0) is 4.79 Å². The minimum atomic E-state index is -0.600. The Balaban J connectivity index is 0.00000261. The summed E-state index contributed by atoms with van der Waals surface area (Å²) in [5, 5.41) is 3.06. The second-order valence-electron chi connectivity index (χ2n) is 6.07. The zero-order valence-corrected chi connectivity index (χ0v) is 16.3. The monoisotopic (exact) mass is 409 g/mol. The van der Waals surface area contributed by atoms with Gasteiger partial charge in [-0.1, -0.05) is 29.8 Å². The first-order valence-electron chi connectivity index (χ1n) is 8.31. The first kappa shape index (κ1) is 20.9. The molecule has 8 heteroatoms. The molecule has 2 amide bonds. The number of carbonyl (C=O) groups is 2. The Morgan fingerprint density at radius 1 is 1.30 bits per heavy atom. The van der Waals surface area contributed by atoms with E-state index in [-0.39, 0.29) is 28.9 Å². The van der Waals surface area contributed by atoms with E-state index in [0.717, 1.165) is 12.1 Å².